The summed E-state index contributed by atoms with van der Waals surface area (Å²) in [5.41, 5.74) is 3.40. The zero-order valence-electron chi connectivity index (χ0n) is 23.7. The molecule has 1 saturated heterocycles. The Labute approximate surface area is 243 Å². The molecule has 0 aliphatic carbocycles. The second kappa shape index (κ2) is 12.3. The lowest BCUT2D eigenvalue weighted by molar-refractivity contribution is -0.119. The van der Waals surface area contributed by atoms with Crippen LogP contribution in [-0.4, -0.2) is 81.5 Å². The molecule has 11 nitrogen and oxygen atoms in total. The first kappa shape index (κ1) is 28.7. The fourth-order valence-electron chi connectivity index (χ4n) is 5.10. The number of ether oxygens (including phenoxy) is 1. The number of anilines is 3. The molecule has 11 heteroatoms. The van der Waals surface area contributed by atoms with Crippen LogP contribution in [0, 0.1) is 4.91 Å². The van der Waals surface area contributed by atoms with Crippen LogP contribution in [0.2, 0.25) is 0 Å². The van der Waals surface area contributed by atoms with E-state index in [2.05, 4.69) is 27.5 Å². The number of rotatable bonds is 8. The van der Waals surface area contributed by atoms with Crippen LogP contribution in [-0.2, 0) is 14.3 Å². The first-order chi connectivity index (χ1) is 20.3. The average Bonchev–Trinajstić information content (AvgIpc) is 3.35. The van der Waals surface area contributed by atoms with Crippen molar-refractivity contribution in [1.29, 1.82) is 0 Å². The van der Waals surface area contributed by atoms with Gasteiger partial charge >= 0.3 is 5.97 Å². The number of likely N-dealkylation sites (N-methyl/N-ethyl adjacent to an activating group) is 2. The molecule has 42 heavy (non-hydrogen) atoms. The highest BCUT2D eigenvalue weighted by Crippen LogP contribution is 2.41. The maximum Gasteiger partial charge on any atom is 0.337 e. The van der Waals surface area contributed by atoms with Gasteiger partial charge in [0, 0.05) is 50.0 Å². The maximum atomic E-state index is 13.3. The normalized spacial score (nSPS) is 16.3. The summed E-state index contributed by atoms with van der Waals surface area (Å²) in [5, 5.41) is 7.28. The van der Waals surface area contributed by atoms with Crippen molar-refractivity contribution in [2.45, 2.75) is 0 Å². The van der Waals surface area contributed by atoms with Crippen LogP contribution in [0.5, 0.6) is 0 Å². The highest BCUT2D eigenvalue weighted by atomic mass is 16.5. The Morgan fingerprint density at radius 2 is 1.60 bits per heavy atom. The minimum absolute atomic E-state index is 0.0321. The SMILES string of the molecule is COC(=O)c1ccc2c(c1)NC(=O)C2=C(c1ccccc1)N(N=O)c1ccc(N(C)C(=O)CN2CCN(C)CC2)cc1. The van der Waals surface area contributed by atoms with Crippen LogP contribution in [0.25, 0.3) is 11.3 Å². The van der Waals surface area contributed by atoms with Crippen molar-refractivity contribution in [3.8, 4) is 0 Å². The molecule has 3 aromatic rings. The Morgan fingerprint density at radius 3 is 2.24 bits per heavy atom. The Kier molecular flexibility index (Phi) is 8.41. The minimum Gasteiger partial charge on any atom is -0.465 e. The first-order valence-electron chi connectivity index (χ1n) is 13.6. The van der Waals surface area contributed by atoms with Crippen LogP contribution >= 0.6 is 0 Å². The van der Waals surface area contributed by atoms with Crippen LogP contribution in [0.4, 0.5) is 17.1 Å². The summed E-state index contributed by atoms with van der Waals surface area (Å²) < 4.78 is 4.81. The van der Waals surface area contributed by atoms with Gasteiger partial charge < -0.3 is 19.9 Å². The smallest absolute Gasteiger partial charge is 0.337 e. The zero-order valence-corrected chi connectivity index (χ0v) is 23.7. The number of esters is 1. The standard InChI is InChI=1S/C31H32N6O5/c1-34-15-17-36(18-16-34)20-27(38)35(2)23-10-12-24(13-11-23)37(33-41)29(21-7-5-4-6-8-21)28-25-14-9-22(31(40)42-3)19-26(25)32-30(28)39/h4-14,19H,15-18,20H2,1-3H3,(H,32,39). The van der Waals surface area contributed by atoms with Crippen molar-refractivity contribution in [3.63, 3.8) is 0 Å². The van der Waals surface area contributed by atoms with Gasteiger partial charge in [-0.2, -0.15) is 5.01 Å². The van der Waals surface area contributed by atoms with E-state index in [1.807, 2.05) is 6.07 Å². The number of fused-ring (bicyclic) bond motifs is 1. The lowest BCUT2D eigenvalue weighted by atomic mass is 9.98. The number of nitroso groups, excluding NO2 is 1. The van der Waals surface area contributed by atoms with E-state index in [1.165, 1.54) is 18.2 Å². The summed E-state index contributed by atoms with van der Waals surface area (Å²) in [5.74, 6) is -1.00. The molecule has 0 atom stereocenters. The first-order valence-corrected chi connectivity index (χ1v) is 13.6. The number of piperazine rings is 1. The molecule has 2 amide bonds. The minimum atomic E-state index is -0.531. The van der Waals surface area contributed by atoms with Gasteiger partial charge in [0.25, 0.3) is 5.91 Å². The molecular weight excluding hydrogens is 536 g/mol. The summed E-state index contributed by atoms with van der Waals surface area (Å²) >= 11 is 0. The Balaban J connectivity index is 1.48. The van der Waals surface area contributed by atoms with Crippen molar-refractivity contribution >= 4 is 46.1 Å². The molecule has 0 spiro atoms. The molecule has 3 aromatic carbocycles. The average molecular weight is 569 g/mol. The molecule has 0 aromatic heterocycles. The van der Waals surface area contributed by atoms with Gasteiger partial charge in [-0.3, -0.25) is 14.5 Å². The summed E-state index contributed by atoms with van der Waals surface area (Å²) in [7, 11) is 5.08. The van der Waals surface area contributed by atoms with Gasteiger partial charge in [-0.1, -0.05) is 36.4 Å². The fraction of sp³-hybridized carbons (Fsp3) is 0.258. The number of hydrogen-bond acceptors (Lipinski definition) is 8. The van der Waals surface area contributed by atoms with Gasteiger partial charge in [-0.05, 0) is 43.4 Å². The quantitative estimate of drug-likeness (QED) is 0.189. The number of nitrogens with one attached hydrogen (secondary N) is 1. The van der Waals surface area contributed by atoms with Crippen molar-refractivity contribution in [2.75, 3.05) is 69.2 Å². The van der Waals surface area contributed by atoms with E-state index in [0.29, 0.717) is 34.7 Å². The number of methoxy groups -OCH3 is 1. The van der Waals surface area contributed by atoms with Gasteiger partial charge in [0.15, 0.2) is 0 Å². The zero-order chi connectivity index (χ0) is 29.8. The monoisotopic (exact) mass is 568 g/mol. The predicted octanol–water partition coefficient (Wildman–Crippen LogP) is 3.69. The Hall–Kier alpha value is -4.87. The lowest BCUT2D eigenvalue weighted by Gasteiger charge is -2.32. The summed E-state index contributed by atoms with van der Waals surface area (Å²) in [4.78, 5) is 56.8. The van der Waals surface area contributed by atoms with Crippen molar-refractivity contribution in [2.24, 2.45) is 5.29 Å². The number of carbonyl (C=O) groups excluding carboxylic acids is 3. The second-order valence-electron chi connectivity index (χ2n) is 10.2. The van der Waals surface area contributed by atoms with Gasteiger partial charge in [0.1, 0.15) is 0 Å². The lowest BCUT2D eigenvalue weighted by Crippen LogP contribution is -2.48. The van der Waals surface area contributed by atoms with Gasteiger partial charge in [0.2, 0.25) is 5.91 Å². The molecule has 0 radical (unpaired) electrons. The van der Waals surface area contributed by atoms with E-state index < -0.39 is 11.9 Å². The van der Waals surface area contributed by atoms with Gasteiger partial charge in [-0.25, -0.2) is 4.79 Å². The van der Waals surface area contributed by atoms with Crippen molar-refractivity contribution in [3.05, 3.63) is 94.4 Å². The van der Waals surface area contributed by atoms with E-state index in [1.54, 1.807) is 72.6 Å². The molecule has 5 rings (SSSR count). The van der Waals surface area contributed by atoms with Gasteiger partial charge in [-0.15, -0.1) is 4.91 Å². The van der Waals surface area contributed by atoms with Crippen LogP contribution < -0.4 is 15.2 Å². The molecular formula is C31H32N6O5. The predicted molar refractivity (Wildman–Crippen MR) is 162 cm³/mol. The molecule has 0 unspecified atom stereocenters. The van der Waals surface area contributed by atoms with Crippen molar-refractivity contribution < 1.29 is 19.1 Å². The van der Waals surface area contributed by atoms with Crippen LogP contribution in [0.3, 0.4) is 0 Å². The van der Waals surface area contributed by atoms with Crippen LogP contribution in [0.15, 0.2) is 78.1 Å². The van der Waals surface area contributed by atoms with E-state index >= 15 is 0 Å². The molecule has 1 N–H and O–H groups in total. The summed E-state index contributed by atoms with van der Waals surface area (Å²) in [6.07, 6.45) is 0. The molecule has 2 aliphatic heterocycles. The van der Waals surface area contributed by atoms with Crippen LogP contribution in [0.1, 0.15) is 21.5 Å². The largest absolute Gasteiger partial charge is 0.465 e. The molecule has 1 fully saturated rings. The maximum absolute atomic E-state index is 13.3. The molecule has 2 aliphatic rings. The number of benzene rings is 3. The van der Waals surface area contributed by atoms with E-state index in [-0.39, 0.29) is 22.7 Å². The second-order valence-corrected chi connectivity index (χ2v) is 10.2. The number of hydrogen-bond donors (Lipinski definition) is 1. The number of nitrogens with zero attached hydrogens (tertiary/aromatic N) is 5. The molecule has 216 valence electrons. The number of carbonyl (C=O) groups is 3. The molecule has 0 saturated carbocycles. The summed E-state index contributed by atoms with van der Waals surface area (Å²) in [6.45, 7) is 3.85. The number of amides is 2. The highest BCUT2D eigenvalue weighted by Gasteiger charge is 2.32. The molecule has 0 bridgehead atoms. The van der Waals surface area contributed by atoms with Crippen molar-refractivity contribution in [1.82, 2.24) is 9.80 Å². The van der Waals surface area contributed by atoms with E-state index in [4.69, 9.17) is 4.74 Å². The van der Waals surface area contributed by atoms with Gasteiger partial charge in [0.05, 0.1) is 47.1 Å². The highest BCUT2D eigenvalue weighted by molar-refractivity contribution is 6.37. The fourth-order valence-corrected chi connectivity index (χ4v) is 5.10. The Bertz CT molecular complexity index is 1530. The van der Waals surface area contributed by atoms with E-state index in [9.17, 15) is 19.3 Å². The molecule has 2 heterocycles. The Morgan fingerprint density at radius 1 is 0.929 bits per heavy atom. The third kappa shape index (κ3) is 5.78. The third-order valence-electron chi connectivity index (χ3n) is 7.57. The third-order valence-corrected chi connectivity index (χ3v) is 7.57. The summed E-state index contributed by atoms with van der Waals surface area (Å²) in [6, 6.07) is 20.6. The topological polar surface area (TPSA) is 115 Å². The van der Waals surface area contributed by atoms with E-state index in [0.717, 1.165) is 26.2 Å².